The fourth-order valence-corrected chi connectivity index (χ4v) is 2.02. The molecule has 0 aliphatic rings. The molecule has 0 aliphatic heterocycles. The highest BCUT2D eigenvalue weighted by Gasteiger charge is 2.19. The molecule has 2 nitrogen and oxygen atoms in total. The summed E-state index contributed by atoms with van der Waals surface area (Å²) in [5.74, 6) is 0.153. The Bertz CT molecular complexity index is 309. The van der Waals surface area contributed by atoms with E-state index in [4.69, 9.17) is 5.73 Å². The fourth-order valence-electron chi connectivity index (χ4n) is 1.15. The Balaban J connectivity index is 2.76. The Morgan fingerprint density at radius 1 is 1.62 bits per heavy atom. The summed E-state index contributed by atoms with van der Waals surface area (Å²) in [6.45, 7) is 5.69. The average Bonchev–Trinajstić information content (AvgIpc) is 2.30. The van der Waals surface area contributed by atoms with E-state index in [0.29, 0.717) is 6.42 Å². The van der Waals surface area contributed by atoms with Crippen LogP contribution in [-0.2, 0) is 0 Å². The van der Waals surface area contributed by atoms with Gasteiger partial charge in [-0.15, -0.1) is 11.3 Å². The highest BCUT2D eigenvalue weighted by atomic mass is 32.1. The Morgan fingerprint density at radius 2 is 2.23 bits per heavy atom. The van der Waals surface area contributed by atoms with Crippen LogP contribution in [0.4, 0.5) is 0 Å². The van der Waals surface area contributed by atoms with Crippen molar-refractivity contribution in [3.63, 3.8) is 0 Å². The summed E-state index contributed by atoms with van der Waals surface area (Å²) >= 11 is 1.49. The molecule has 0 atom stereocenters. The van der Waals surface area contributed by atoms with Gasteiger partial charge < -0.3 is 5.73 Å². The van der Waals surface area contributed by atoms with Crippen molar-refractivity contribution in [3.8, 4) is 0 Å². The second kappa shape index (κ2) is 3.60. The second-order valence-corrected chi connectivity index (χ2v) is 4.94. The van der Waals surface area contributed by atoms with Gasteiger partial charge >= 0.3 is 0 Å². The number of rotatable bonds is 3. The number of aryl methyl sites for hydroxylation is 1. The van der Waals surface area contributed by atoms with Crippen LogP contribution in [-0.4, -0.2) is 11.3 Å². The number of Topliss-reactive ketones (excluding diaryl/α,β-unsaturated/α-hetero) is 1. The standard InChI is InChI=1S/C10H15NOS/c1-7-4-5-13-9(7)8(12)6-10(2,3)11/h4-5H,6,11H2,1-3H3. The summed E-state index contributed by atoms with van der Waals surface area (Å²) in [6.07, 6.45) is 0.411. The Labute approximate surface area is 82.8 Å². The van der Waals surface area contributed by atoms with Crippen LogP contribution in [0.3, 0.4) is 0 Å². The number of thiophene rings is 1. The van der Waals surface area contributed by atoms with Crippen molar-refractivity contribution in [2.45, 2.75) is 32.7 Å². The van der Waals surface area contributed by atoms with Gasteiger partial charge in [-0.1, -0.05) is 0 Å². The summed E-state index contributed by atoms with van der Waals surface area (Å²) in [4.78, 5) is 12.5. The quantitative estimate of drug-likeness (QED) is 0.756. The molecule has 0 bridgehead atoms. The zero-order chi connectivity index (χ0) is 10.1. The molecule has 0 unspecified atom stereocenters. The van der Waals surface area contributed by atoms with E-state index < -0.39 is 5.54 Å². The number of nitrogens with two attached hydrogens (primary N) is 1. The first kappa shape index (κ1) is 10.4. The van der Waals surface area contributed by atoms with Crippen molar-refractivity contribution in [2.24, 2.45) is 5.73 Å². The maximum Gasteiger partial charge on any atom is 0.174 e. The Morgan fingerprint density at radius 3 is 2.62 bits per heavy atom. The average molecular weight is 197 g/mol. The molecule has 72 valence electrons. The number of hydrogen-bond acceptors (Lipinski definition) is 3. The van der Waals surface area contributed by atoms with Gasteiger partial charge in [0, 0.05) is 12.0 Å². The van der Waals surface area contributed by atoms with Crippen LogP contribution in [0.25, 0.3) is 0 Å². The lowest BCUT2D eigenvalue weighted by Gasteiger charge is -2.16. The van der Waals surface area contributed by atoms with Crippen molar-refractivity contribution in [1.29, 1.82) is 0 Å². The number of carbonyl (C=O) groups excluding carboxylic acids is 1. The number of hydrogen-bond donors (Lipinski definition) is 1. The zero-order valence-electron chi connectivity index (χ0n) is 8.26. The lowest BCUT2D eigenvalue weighted by atomic mass is 9.98. The first-order valence-corrected chi connectivity index (χ1v) is 5.14. The third-order valence-corrected chi connectivity index (χ3v) is 2.79. The maximum atomic E-state index is 11.7. The van der Waals surface area contributed by atoms with Gasteiger partial charge in [0.15, 0.2) is 5.78 Å². The molecule has 1 rings (SSSR count). The van der Waals surface area contributed by atoms with Crippen LogP contribution in [0.1, 0.15) is 35.5 Å². The third-order valence-electron chi connectivity index (χ3n) is 1.73. The molecule has 0 aromatic carbocycles. The Kier molecular flexibility index (Phi) is 2.88. The normalized spacial score (nSPS) is 11.7. The van der Waals surface area contributed by atoms with Gasteiger partial charge in [0.1, 0.15) is 0 Å². The smallest absolute Gasteiger partial charge is 0.174 e. The molecule has 0 fully saturated rings. The predicted octanol–water partition coefficient (Wildman–Crippen LogP) is 2.37. The lowest BCUT2D eigenvalue weighted by molar-refractivity contribution is 0.0964. The minimum atomic E-state index is -0.409. The first-order valence-electron chi connectivity index (χ1n) is 4.26. The van der Waals surface area contributed by atoms with Crippen molar-refractivity contribution < 1.29 is 4.79 Å². The van der Waals surface area contributed by atoms with Crippen LogP contribution < -0.4 is 5.73 Å². The minimum Gasteiger partial charge on any atom is -0.325 e. The first-order chi connectivity index (χ1) is 5.90. The molecule has 1 heterocycles. The maximum absolute atomic E-state index is 11.7. The van der Waals surface area contributed by atoms with Crippen LogP contribution in [0.5, 0.6) is 0 Å². The molecule has 3 heteroatoms. The molecule has 0 saturated heterocycles. The van der Waals surface area contributed by atoms with Crippen LogP contribution in [0.2, 0.25) is 0 Å². The topological polar surface area (TPSA) is 43.1 Å². The Hall–Kier alpha value is -0.670. The summed E-state index contributed by atoms with van der Waals surface area (Å²) in [6, 6.07) is 1.96. The van der Waals surface area contributed by atoms with Crippen molar-refractivity contribution in [2.75, 3.05) is 0 Å². The number of ketones is 1. The van der Waals surface area contributed by atoms with E-state index in [9.17, 15) is 4.79 Å². The zero-order valence-corrected chi connectivity index (χ0v) is 9.07. The molecule has 0 aliphatic carbocycles. The molecule has 0 amide bonds. The van der Waals surface area contributed by atoms with Gasteiger partial charge in [-0.2, -0.15) is 0 Å². The largest absolute Gasteiger partial charge is 0.325 e. The van der Waals surface area contributed by atoms with E-state index in [1.807, 2.05) is 32.2 Å². The van der Waals surface area contributed by atoms with Gasteiger partial charge in [-0.05, 0) is 37.8 Å². The van der Waals surface area contributed by atoms with Crippen molar-refractivity contribution in [3.05, 3.63) is 21.9 Å². The van der Waals surface area contributed by atoms with E-state index in [2.05, 4.69) is 0 Å². The predicted molar refractivity (Wildman–Crippen MR) is 56.3 cm³/mol. The highest BCUT2D eigenvalue weighted by molar-refractivity contribution is 7.12. The molecular formula is C10H15NOS. The van der Waals surface area contributed by atoms with Crippen LogP contribution >= 0.6 is 11.3 Å². The number of carbonyl (C=O) groups is 1. The molecule has 0 radical (unpaired) electrons. The van der Waals surface area contributed by atoms with E-state index >= 15 is 0 Å². The minimum absolute atomic E-state index is 0.153. The summed E-state index contributed by atoms with van der Waals surface area (Å²) < 4.78 is 0. The molecule has 1 aromatic rings. The summed E-state index contributed by atoms with van der Waals surface area (Å²) in [5, 5.41) is 1.94. The molecule has 1 aromatic heterocycles. The molecule has 2 N–H and O–H groups in total. The lowest BCUT2D eigenvalue weighted by Crippen LogP contribution is -2.34. The van der Waals surface area contributed by atoms with Crippen LogP contribution in [0.15, 0.2) is 11.4 Å². The third kappa shape index (κ3) is 2.94. The van der Waals surface area contributed by atoms with Gasteiger partial charge in [0.2, 0.25) is 0 Å². The van der Waals surface area contributed by atoms with E-state index in [1.54, 1.807) is 0 Å². The van der Waals surface area contributed by atoms with Crippen molar-refractivity contribution in [1.82, 2.24) is 0 Å². The van der Waals surface area contributed by atoms with Gasteiger partial charge in [0.05, 0.1) is 4.88 Å². The molecule has 0 saturated carbocycles. The van der Waals surface area contributed by atoms with E-state index in [0.717, 1.165) is 10.4 Å². The molecule has 0 spiro atoms. The SMILES string of the molecule is Cc1ccsc1C(=O)CC(C)(C)N. The van der Waals surface area contributed by atoms with Gasteiger partial charge in [0.25, 0.3) is 0 Å². The monoisotopic (exact) mass is 197 g/mol. The van der Waals surface area contributed by atoms with Gasteiger partial charge in [-0.3, -0.25) is 4.79 Å². The fraction of sp³-hybridized carbons (Fsp3) is 0.500. The highest BCUT2D eigenvalue weighted by Crippen LogP contribution is 2.19. The molecule has 13 heavy (non-hydrogen) atoms. The van der Waals surface area contributed by atoms with Crippen LogP contribution in [0, 0.1) is 6.92 Å². The molecular weight excluding hydrogens is 182 g/mol. The summed E-state index contributed by atoms with van der Waals surface area (Å²) in [7, 11) is 0. The van der Waals surface area contributed by atoms with E-state index in [1.165, 1.54) is 11.3 Å². The second-order valence-electron chi connectivity index (χ2n) is 4.02. The van der Waals surface area contributed by atoms with Gasteiger partial charge in [-0.25, -0.2) is 0 Å². The summed E-state index contributed by atoms with van der Waals surface area (Å²) in [5.41, 5.74) is 6.42. The van der Waals surface area contributed by atoms with E-state index in [-0.39, 0.29) is 5.78 Å². The van der Waals surface area contributed by atoms with Crippen molar-refractivity contribution >= 4 is 17.1 Å².